The quantitative estimate of drug-likeness (QED) is 0.497. The van der Waals surface area contributed by atoms with E-state index >= 15 is 0 Å². The molecule has 0 unspecified atom stereocenters. The normalized spacial score (nSPS) is 20.6. The molecule has 0 atom stereocenters. The highest BCUT2D eigenvalue weighted by molar-refractivity contribution is 6.20. The van der Waals surface area contributed by atoms with Gasteiger partial charge in [0.05, 0.1) is 6.61 Å². The van der Waals surface area contributed by atoms with Crippen LogP contribution in [0.15, 0.2) is 0 Å². The van der Waals surface area contributed by atoms with Gasteiger partial charge in [-0.1, -0.05) is 6.42 Å². The van der Waals surface area contributed by atoms with E-state index in [2.05, 4.69) is 10.6 Å². The first kappa shape index (κ1) is 14.4. The van der Waals surface area contributed by atoms with Crippen LogP contribution in [0.25, 0.3) is 0 Å². The smallest absolute Gasteiger partial charge is 0.331 e. The van der Waals surface area contributed by atoms with Crippen molar-refractivity contribution in [3.63, 3.8) is 0 Å². The van der Waals surface area contributed by atoms with Gasteiger partial charge in [-0.3, -0.25) is 24.6 Å². The van der Waals surface area contributed by atoms with Crippen molar-refractivity contribution in [3.8, 4) is 0 Å². The molecule has 0 aromatic heterocycles. The number of methoxy groups -OCH3 is 1. The lowest BCUT2D eigenvalue weighted by Crippen LogP contribution is -2.67. The Bertz CT molecular complexity index is 458. The van der Waals surface area contributed by atoms with Gasteiger partial charge in [-0.2, -0.15) is 0 Å². The van der Waals surface area contributed by atoms with E-state index in [0.717, 1.165) is 11.3 Å². The first-order valence-corrected chi connectivity index (χ1v) is 6.44. The predicted octanol–water partition coefficient (Wildman–Crippen LogP) is -1.00. The number of nitrogens with one attached hydrogen (secondary N) is 2. The number of imide groups is 2. The average molecular weight is 283 g/mol. The van der Waals surface area contributed by atoms with E-state index in [1.807, 2.05) is 0 Å². The van der Waals surface area contributed by atoms with Crippen molar-refractivity contribution >= 4 is 23.8 Å². The Morgan fingerprint density at radius 3 is 2.65 bits per heavy atom. The number of barbiturate groups is 1. The summed E-state index contributed by atoms with van der Waals surface area (Å²) in [4.78, 5) is 48.2. The molecular weight excluding hydrogens is 266 g/mol. The number of amides is 5. The summed E-state index contributed by atoms with van der Waals surface area (Å²) in [7, 11) is 1.50. The average Bonchev–Trinajstić information content (AvgIpc) is 2.33. The maximum atomic E-state index is 12.3. The Labute approximate surface area is 115 Å². The summed E-state index contributed by atoms with van der Waals surface area (Å²) in [6.45, 7) is 0.251. The van der Waals surface area contributed by atoms with Crippen molar-refractivity contribution in [2.75, 3.05) is 26.8 Å². The van der Waals surface area contributed by atoms with Crippen molar-refractivity contribution < 1.29 is 23.9 Å². The zero-order valence-electron chi connectivity index (χ0n) is 11.2. The van der Waals surface area contributed by atoms with Gasteiger partial charge in [0.25, 0.3) is 0 Å². The van der Waals surface area contributed by atoms with Crippen LogP contribution in [0.2, 0.25) is 0 Å². The molecule has 1 aliphatic heterocycles. The molecule has 1 saturated heterocycles. The Kier molecular flexibility index (Phi) is 4.03. The fourth-order valence-electron chi connectivity index (χ4n) is 2.34. The number of carbonyl (C=O) groups is 4. The number of hydrogen-bond donors (Lipinski definition) is 2. The van der Waals surface area contributed by atoms with Crippen LogP contribution < -0.4 is 10.6 Å². The second-order valence-corrected chi connectivity index (χ2v) is 4.93. The molecular formula is C12H17N3O5. The van der Waals surface area contributed by atoms with Crippen LogP contribution in [0.1, 0.15) is 19.3 Å². The zero-order chi connectivity index (χ0) is 14.8. The van der Waals surface area contributed by atoms with Gasteiger partial charge < -0.3 is 10.1 Å². The van der Waals surface area contributed by atoms with E-state index in [4.69, 9.17) is 4.74 Å². The second kappa shape index (κ2) is 5.58. The van der Waals surface area contributed by atoms with E-state index in [9.17, 15) is 19.2 Å². The van der Waals surface area contributed by atoms with Crippen LogP contribution >= 0.6 is 0 Å². The molecule has 8 nitrogen and oxygen atoms in total. The van der Waals surface area contributed by atoms with E-state index < -0.39 is 29.2 Å². The van der Waals surface area contributed by atoms with Gasteiger partial charge in [0.15, 0.2) is 0 Å². The maximum absolute atomic E-state index is 12.3. The first-order chi connectivity index (χ1) is 9.51. The second-order valence-electron chi connectivity index (χ2n) is 4.93. The molecule has 2 fully saturated rings. The van der Waals surface area contributed by atoms with Gasteiger partial charge in [0, 0.05) is 13.7 Å². The number of rotatable bonds is 5. The molecule has 1 heterocycles. The minimum Gasteiger partial charge on any atom is -0.383 e. The molecule has 1 saturated carbocycles. The van der Waals surface area contributed by atoms with Crippen LogP contribution in [0.4, 0.5) is 4.79 Å². The standard InChI is InChI=1S/C12H17N3O5/c1-20-6-5-13-8(16)7-15-10(18)12(3-2-4-12)9(17)14-11(15)19/h2-7H2,1H3,(H,13,16)(H,14,17,19). The van der Waals surface area contributed by atoms with E-state index in [1.165, 1.54) is 7.11 Å². The van der Waals surface area contributed by atoms with Gasteiger partial charge in [-0.25, -0.2) is 4.79 Å². The van der Waals surface area contributed by atoms with Gasteiger partial charge in [0.1, 0.15) is 12.0 Å². The lowest BCUT2D eigenvalue weighted by molar-refractivity contribution is -0.158. The third-order valence-corrected chi connectivity index (χ3v) is 3.69. The molecule has 20 heavy (non-hydrogen) atoms. The zero-order valence-corrected chi connectivity index (χ0v) is 11.2. The van der Waals surface area contributed by atoms with Crippen molar-refractivity contribution in [1.29, 1.82) is 0 Å². The van der Waals surface area contributed by atoms with Crippen molar-refractivity contribution in [2.24, 2.45) is 5.41 Å². The van der Waals surface area contributed by atoms with Crippen LogP contribution in [-0.2, 0) is 19.1 Å². The highest BCUT2D eigenvalue weighted by atomic mass is 16.5. The topological polar surface area (TPSA) is 105 Å². The number of urea groups is 1. The van der Waals surface area contributed by atoms with Crippen molar-refractivity contribution in [2.45, 2.75) is 19.3 Å². The lowest BCUT2D eigenvalue weighted by atomic mass is 9.66. The highest BCUT2D eigenvalue weighted by Crippen LogP contribution is 2.44. The number of ether oxygens (including phenoxy) is 1. The number of nitrogens with zero attached hydrogens (tertiary/aromatic N) is 1. The summed E-state index contributed by atoms with van der Waals surface area (Å²) < 4.78 is 4.78. The molecule has 2 N–H and O–H groups in total. The van der Waals surface area contributed by atoms with Crippen LogP contribution in [0, 0.1) is 5.41 Å². The van der Waals surface area contributed by atoms with Gasteiger partial charge in [0.2, 0.25) is 17.7 Å². The monoisotopic (exact) mass is 283 g/mol. The fourth-order valence-corrected chi connectivity index (χ4v) is 2.34. The molecule has 2 rings (SSSR count). The van der Waals surface area contributed by atoms with E-state index in [0.29, 0.717) is 26.0 Å². The predicted molar refractivity (Wildman–Crippen MR) is 66.4 cm³/mol. The Morgan fingerprint density at radius 2 is 2.10 bits per heavy atom. The van der Waals surface area contributed by atoms with Crippen molar-refractivity contribution in [3.05, 3.63) is 0 Å². The molecule has 1 spiro atoms. The fraction of sp³-hybridized carbons (Fsp3) is 0.667. The van der Waals surface area contributed by atoms with Crippen LogP contribution in [0.3, 0.4) is 0 Å². The minimum atomic E-state index is -1.14. The SMILES string of the molecule is COCCNC(=O)CN1C(=O)NC(=O)C2(CCC2)C1=O. The Hall–Kier alpha value is -1.96. The Morgan fingerprint density at radius 1 is 1.40 bits per heavy atom. The molecule has 2 aliphatic rings. The lowest BCUT2D eigenvalue weighted by Gasteiger charge is -2.44. The summed E-state index contributed by atoms with van der Waals surface area (Å²) in [5, 5.41) is 4.67. The summed E-state index contributed by atoms with van der Waals surface area (Å²) >= 11 is 0. The summed E-state index contributed by atoms with van der Waals surface area (Å²) in [6, 6.07) is -0.834. The highest BCUT2D eigenvalue weighted by Gasteiger charge is 2.57. The molecule has 0 radical (unpaired) electrons. The summed E-state index contributed by atoms with van der Waals surface area (Å²) in [6.07, 6.45) is 1.61. The molecule has 8 heteroatoms. The first-order valence-electron chi connectivity index (χ1n) is 6.44. The maximum Gasteiger partial charge on any atom is 0.331 e. The molecule has 0 aromatic carbocycles. The van der Waals surface area contributed by atoms with Crippen LogP contribution in [0.5, 0.6) is 0 Å². The Balaban J connectivity index is 1.99. The molecule has 110 valence electrons. The molecule has 0 aromatic rings. The third kappa shape index (κ3) is 2.38. The third-order valence-electron chi connectivity index (χ3n) is 3.69. The summed E-state index contributed by atoms with van der Waals surface area (Å²) in [5.74, 6) is -1.58. The number of carbonyl (C=O) groups excluding carboxylic acids is 4. The van der Waals surface area contributed by atoms with Crippen molar-refractivity contribution in [1.82, 2.24) is 15.5 Å². The van der Waals surface area contributed by atoms with Gasteiger partial charge in [-0.15, -0.1) is 0 Å². The largest absolute Gasteiger partial charge is 0.383 e. The van der Waals surface area contributed by atoms with E-state index in [1.54, 1.807) is 0 Å². The summed E-state index contributed by atoms with van der Waals surface area (Å²) in [5.41, 5.74) is -1.14. The molecule has 5 amide bonds. The van der Waals surface area contributed by atoms with Gasteiger partial charge in [-0.05, 0) is 12.8 Å². The van der Waals surface area contributed by atoms with E-state index in [-0.39, 0.29) is 6.54 Å². The minimum absolute atomic E-state index is 0.295. The van der Waals surface area contributed by atoms with Gasteiger partial charge >= 0.3 is 6.03 Å². The number of hydrogen-bond acceptors (Lipinski definition) is 5. The molecule has 1 aliphatic carbocycles. The molecule has 0 bridgehead atoms. The van der Waals surface area contributed by atoms with Crippen LogP contribution in [-0.4, -0.2) is 55.5 Å².